The van der Waals surface area contributed by atoms with Gasteiger partial charge in [0.25, 0.3) is 5.91 Å². The van der Waals surface area contributed by atoms with E-state index < -0.39 is 5.82 Å². The monoisotopic (exact) mass is 412 g/mol. The van der Waals surface area contributed by atoms with E-state index in [4.69, 9.17) is 4.74 Å². The standard InChI is InChI=1S/C24H29FN2O3/c1-30-19-7-8-20(21(25)16-19)23(29)27(17-5-6-17)18-9-11-24(12-10-18,13-15-28)22-4-2-3-14-26-22/h2-4,7-8,14,16-18,28H,5-6,9-13,15H2,1H3. The van der Waals surface area contributed by atoms with Gasteiger partial charge in [0.15, 0.2) is 0 Å². The minimum atomic E-state index is -0.538. The lowest BCUT2D eigenvalue weighted by Crippen LogP contribution is -2.47. The predicted molar refractivity (Wildman–Crippen MR) is 112 cm³/mol. The van der Waals surface area contributed by atoms with Gasteiger partial charge in [-0.15, -0.1) is 0 Å². The topological polar surface area (TPSA) is 62.7 Å². The fourth-order valence-corrected chi connectivity index (χ4v) is 4.88. The summed E-state index contributed by atoms with van der Waals surface area (Å²) in [6, 6.07) is 10.6. The van der Waals surface area contributed by atoms with Crippen molar-refractivity contribution in [2.24, 2.45) is 0 Å². The molecule has 0 spiro atoms. The normalized spacial score (nSPS) is 23.8. The Morgan fingerprint density at radius 1 is 1.20 bits per heavy atom. The maximum absolute atomic E-state index is 14.6. The molecule has 0 bridgehead atoms. The third kappa shape index (κ3) is 4.06. The zero-order valence-corrected chi connectivity index (χ0v) is 17.4. The third-order valence-corrected chi connectivity index (χ3v) is 6.69. The van der Waals surface area contributed by atoms with Crippen LogP contribution in [-0.2, 0) is 5.41 Å². The summed E-state index contributed by atoms with van der Waals surface area (Å²) in [6.45, 7) is 0.115. The first kappa shape index (κ1) is 20.8. The number of rotatable bonds is 7. The van der Waals surface area contributed by atoms with E-state index in [1.165, 1.54) is 19.2 Å². The molecule has 1 heterocycles. The summed E-state index contributed by atoms with van der Waals surface area (Å²) in [5.41, 5.74) is 0.971. The van der Waals surface area contributed by atoms with Gasteiger partial charge in [0.2, 0.25) is 0 Å². The van der Waals surface area contributed by atoms with E-state index in [0.717, 1.165) is 44.2 Å². The number of hydrogen-bond donors (Lipinski definition) is 1. The lowest BCUT2D eigenvalue weighted by molar-refractivity contribution is 0.0544. The van der Waals surface area contributed by atoms with Crippen molar-refractivity contribution in [3.05, 3.63) is 59.7 Å². The van der Waals surface area contributed by atoms with E-state index >= 15 is 0 Å². The second-order valence-corrected chi connectivity index (χ2v) is 8.49. The molecular formula is C24H29FN2O3. The molecular weight excluding hydrogens is 383 g/mol. The summed E-state index contributed by atoms with van der Waals surface area (Å²) < 4.78 is 19.6. The summed E-state index contributed by atoms with van der Waals surface area (Å²) in [5, 5.41) is 9.68. The molecule has 0 atom stereocenters. The van der Waals surface area contributed by atoms with Crippen LogP contribution in [0.2, 0.25) is 0 Å². The summed E-state index contributed by atoms with van der Waals surface area (Å²) in [5.74, 6) is -0.358. The molecule has 1 aromatic heterocycles. The first-order chi connectivity index (χ1) is 14.6. The lowest BCUT2D eigenvalue weighted by Gasteiger charge is -2.43. The molecule has 0 unspecified atom stereocenters. The number of amides is 1. The average molecular weight is 413 g/mol. The van der Waals surface area contributed by atoms with Gasteiger partial charge in [-0.2, -0.15) is 0 Å². The van der Waals surface area contributed by atoms with Crippen LogP contribution in [-0.4, -0.2) is 46.7 Å². The molecule has 160 valence electrons. The van der Waals surface area contributed by atoms with Crippen LogP contribution in [0.1, 0.15) is 61.0 Å². The first-order valence-corrected chi connectivity index (χ1v) is 10.8. The largest absolute Gasteiger partial charge is 0.497 e. The Morgan fingerprint density at radius 2 is 1.93 bits per heavy atom. The summed E-state index contributed by atoms with van der Waals surface area (Å²) in [6.07, 6.45) is 7.79. The van der Waals surface area contributed by atoms with E-state index in [1.807, 2.05) is 23.1 Å². The van der Waals surface area contributed by atoms with Gasteiger partial charge in [0.05, 0.1) is 12.7 Å². The number of ether oxygens (including phenoxy) is 1. The van der Waals surface area contributed by atoms with Crippen molar-refractivity contribution in [2.75, 3.05) is 13.7 Å². The van der Waals surface area contributed by atoms with E-state index in [1.54, 1.807) is 12.3 Å². The highest BCUT2D eigenvalue weighted by Crippen LogP contribution is 2.44. The molecule has 2 aliphatic rings. The smallest absolute Gasteiger partial charge is 0.257 e. The second kappa shape index (κ2) is 8.72. The number of halogens is 1. The predicted octanol–water partition coefficient (Wildman–Crippen LogP) is 4.10. The molecule has 4 rings (SSSR count). The molecule has 1 amide bonds. The zero-order chi connectivity index (χ0) is 21.1. The van der Waals surface area contributed by atoms with Gasteiger partial charge in [-0.3, -0.25) is 9.78 Å². The Hall–Kier alpha value is -2.47. The van der Waals surface area contributed by atoms with Gasteiger partial charge < -0.3 is 14.7 Å². The van der Waals surface area contributed by atoms with E-state index in [0.29, 0.717) is 12.2 Å². The number of pyridine rings is 1. The van der Waals surface area contributed by atoms with Gasteiger partial charge in [-0.05, 0) is 69.2 Å². The van der Waals surface area contributed by atoms with Crippen molar-refractivity contribution >= 4 is 5.91 Å². The van der Waals surface area contributed by atoms with Crippen molar-refractivity contribution in [2.45, 2.75) is 62.4 Å². The molecule has 1 aromatic carbocycles. The fraction of sp³-hybridized carbons (Fsp3) is 0.500. The Kier molecular flexibility index (Phi) is 6.04. The van der Waals surface area contributed by atoms with Crippen molar-refractivity contribution in [3.63, 3.8) is 0 Å². The number of benzene rings is 1. The van der Waals surface area contributed by atoms with Crippen molar-refractivity contribution in [1.29, 1.82) is 0 Å². The lowest BCUT2D eigenvalue weighted by atomic mass is 9.68. The van der Waals surface area contributed by atoms with Crippen LogP contribution in [0, 0.1) is 5.82 Å². The molecule has 0 saturated heterocycles. The quantitative estimate of drug-likeness (QED) is 0.744. The van der Waals surface area contributed by atoms with E-state index in [-0.39, 0.29) is 35.6 Å². The number of methoxy groups -OCH3 is 1. The highest BCUT2D eigenvalue weighted by atomic mass is 19.1. The Bertz CT molecular complexity index is 877. The van der Waals surface area contributed by atoms with Crippen molar-refractivity contribution < 1.29 is 19.0 Å². The number of aromatic nitrogens is 1. The number of aliphatic hydroxyl groups excluding tert-OH is 1. The number of carbonyl (C=O) groups is 1. The molecule has 6 heteroatoms. The maximum atomic E-state index is 14.6. The molecule has 2 saturated carbocycles. The molecule has 5 nitrogen and oxygen atoms in total. The molecule has 30 heavy (non-hydrogen) atoms. The average Bonchev–Trinajstić information content (AvgIpc) is 3.61. The minimum Gasteiger partial charge on any atom is -0.497 e. The second-order valence-electron chi connectivity index (χ2n) is 8.49. The molecule has 2 aliphatic carbocycles. The molecule has 1 N–H and O–H groups in total. The van der Waals surface area contributed by atoms with Crippen LogP contribution in [0.15, 0.2) is 42.6 Å². The Labute approximate surface area is 176 Å². The van der Waals surface area contributed by atoms with Crippen LogP contribution < -0.4 is 4.74 Å². The van der Waals surface area contributed by atoms with Crippen LogP contribution in [0.5, 0.6) is 5.75 Å². The number of carbonyl (C=O) groups excluding carboxylic acids is 1. The minimum absolute atomic E-state index is 0.0852. The number of nitrogens with zero attached hydrogens (tertiary/aromatic N) is 2. The third-order valence-electron chi connectivity index (χ3n) is 6.69. The van der Waals surface area contributed by atoms with Crippen LogP contribution in [0.25, 0.3) is 0 Å². The first-order valence-electron chi connectivity index (χ1n) is 10.8. The van der Waals surface area contributed by atoms with E-state index in [2.05, 4.69) is 4.98 Å². The Morgan fingerprint density at radius 3 is 2.50 bits per heavy atom. The van der Waals surface area contributed by atoms with Crippen molar-refractivity contribution in [1.82, 2.24) is 9.88 Å². The highest BCUT2D eigenvalue weighted by Gasteiger charge is 2.44. The SMILES string of the molecule is COc1ccc(C(=O)N(C2CC2)C2CCC(CCO)(c3ccccn3)CC2)c(F)c1. The molecule has 2 fully saturated rings. The summed E-state index contributed by atoms with van der Waals surface area (Å²) in [7, 11) is 1.48. The van der Waals surface area contributed by atoms with Gasteiger partial charge in [-0.1, -0.05) is 6.07 Å². The van der Waals surface area contributed by atoms with Gasteiger partial charge >= 0.3 is 0 Å². The maximum Gasteiger partial charge on any atom is 0.257 e. The van der Waals surface area contributed by atoms with E-state index in [9.17, 15) is 14.3 Å². The zero-order valence-electron chi connectivity index (χ0n) is 17.4. The number of hydrogen-bond acceptors (Lipinski definition) is 4. The Balaban J connectivity index is 1.53. The number of aliphatic hydroxyl groups is 1. The molecule has 0 aliphatic heterocycles. The van der Waals surface area contributed by atoms with Crippen LogP contribution in [0.4, 0.5) is 4.39 Å². The molecule has 2 aromatic rings. The highest BCUT2D eigenvalue weighted by molar-refractivity contribution is 5.95. The summed E-state index contributed by atoms with van der Waals surface area (Å²) >= 11 is 0. The summed E-state index contributed by atoms with van der Waals surface area (Å²) in [4.78, 5) is 19.8. The van der Waals surface area contributed by atoms with Crippen molar-refractivity contribution in [3.8, 4) is 5.75 Å². The molecule has 0 radical (unpaired) electrons. The fourth-order valence-electron chi connectivity index (χ4n) is 4.88. The van der Waals surface area contributed by atoms with Crippen LogP contribution in [0.3, 0.4) is 0 Å². The van der Waals surface area contributed by atoms with Crippen LogP contribution >= 0.6 is 0 Å². The van der Waals surface area contributed by atoms with Gasteiger partial charge in [-0.25, -0.2) is 4.39 Å². The van der Waals surface area contributed by atoms with Gasteiger partial charge in [0.1, 0.15) is 11.6 Å². The van der Waals surface area contributed by atoms with Gasteiger partial charge in [0, 0.05) is 42.1 Å².